The van der Waals surface area contributed by atoms with Crippen LogP contribution in [0, 0.1) is 6.92 Å². The number of hydrogen-bond acceptors (Lipinski definition) is 17. The minimum absolute atomic E-state index is 0.0161. The monoisotopic (exact) mass is 955 g/mol. The van der Waals surface area contributed by atoms with E-state index in [2.05, 4.69) is 31.1 Å². The minimum atomic E-state index is -5.05. The van der Waals surface area contributed by atoms with Gasteiger partial charge in [0.2, 0.25) is 0 Å². The second-order valence-electron chi connectivity index (χ2n) is 13.7. The summed E-state index contributed by atoms with van der Waals surface area (Å²) in [4.78, 5) is 12.7. The van der Waals surface area contributed by atoms with Crippen molar-refractivity contribution in [1.29, 1.82) is 0 Å². The lowest BCUT2D eigenvalue weighted by Crippen LogP contribution is -2.32. The third-order valence-corrected chi connectivity index (χ3v) is 11.8. The largest absolute Gasteiger partial charge is 0.505 e. The fourth-order valence-corrected chi connectivity index (χ4v) is 7.88. The third-order valence-electron chi connectivity index (χ3n) is 9.18. The van der Waals surface area contributed by atoms with E-state index < -0.39 is 73.9 Å². The van der Waals surface area contributed by atoms with Gasteiger partial charge in [0, 0.05) is 41.8 Å². The van der Waals surface area contributed by atoms with E-state index in [4.69, 9.17) is 15.3 Å². The first-order valence-electron chi connectivity index (χ1n) is 18.8. The van der Waals surface area contributed by atoms with E-state index in [0.29, 0.717) is 30.9 Å². The Morgan fingerprint density at radius 1 is 0.569 bits per heavy atom. The number of aromatic hydroxyl groups is 2. The van der Waals surface area contributed by atoms with Gasteiger partial charge in [-0.1, -0.05) is 24.3 Å². The van der Waals surface area contributed by atoms with Crippen molar-refractivity contribution >= 4 is 92.1 Å². The minimum Gasteiger partial charge on any atom is -0.505 e. The highest BCUT2D eigenvalue weighted by atomic mass is 32.2. The van der Waals surface area contributed by atoms with Crippen LogP contribution in [-0.4, -0.2) is 115 Å². The lowest BCUT2D eigenvalue weighted by atomic mass is 10.1. The Morgan fingerprint density at radius 3 is 1.46 bits per heavy atom. The summed E-state index contributed by atoms with van der Waals surface area (Å²) in [5, 5.41) is 68.1. The number of aliphatic hydroxyl groups is 3. The second-order valence-corrected chi connectivity index (χ2v) is 17.9. The van der Waals surface area contributed by atoms with Gasteiger partial charge in [0.1, 0.15) is 21.2 Å². The van der Waals surface area contributed by atoms with E-state index in [0.717, 1.165) is 24.3 Å². The van der Waals surface area contributed by atoms with Crippen molar-refractivity contribution in [1.82, 2.24) is 4.90 Å². The van der Waals surface area contributed by atoms with Gasteiger partial charge < -0.3 is 36.2 Å². The van der Waals surface area contributed by atoms with Crippen LogP contribution in [0.1, 0.15) is 5.56 Å². The quantitative estimate of drug-likeness (QED) is 0.0405. The molecule has 0 aromatic heterocycles. The highest BCUT2D eigenvalue weighted by Gasteiger charge is 2.24. The molecule has 0 aliphatic heterocycles. The van der Waals surface area contributed by atoms with Gasteiger partial charge in [-0.15, -0.1) is 10.2 Å². The molecule has 6 aromatic rings. The Morgan fingerprint density at radius 2 is 1.03 bits per heavy atom. The highest BCUT2D eigenvalue weighted by molar-refractivity contribution is 7.86. The zero-order valence-corrected chi connectivity index (χ0v) is 36.3. The van der Waals surface area contributed by atoms with Gasteiger partial charge in [-0.05, 0) is 96.1 Å². The summed E-state index contributed by atoms with van der Waals surface area (Å²) in [7, 11) is -14.6. The third kappa shape index (κ3) is 12.8. The number of benzene rings is 6. The molecule has 344 valence electrons. The van der Waals surface area contributed by atoms with E-state index in [1.54, 1.807) is 35.2 Å². The van der Waals surface area contributed by atoms with Gasteiger partial charge in [-0.2, -0.15) is 35.5 Å². The van der Waals surface area contributed by atoms with Crippen LogP contribution in [0.5, 0.6) is 11.5 Å². The Kier molecular flexibility index (Phi) is 16.0. The van der Waals surface area contributed by atoms with Crippen LogP contribution in [0.3, 0.4) is 0 Å². The van der Waals surface area contributed by atoms with E-state index in [1.807, 2.05) is 0 Å². The molecule has 22 nitrogen and oxygen atoms in total. The van der Waals surface area contributed by atoms with Crippen molar-refractivity contribution in [2.75, 3.05) is 50.1 Å². The molecule has 0 heterocycles. The molecule has 0 unspecified atom stereocenters. The number of amides is 2. The average molecular weight is 956 g/mol. The summed E-state index contributed by atoms with van der Waals surface area (Å²) in [5.41, 5.74) is -0.370. The average Bonchev–Trinajstić information content (AvgIpc) is 3.23. The number of carbonyl (C=O) groups excluding carboxylic acids is 1. The summed E-state index contributed by atoms with van der Waals surface area (Å²) in [5.74, 6) is -1.34. The smallest absolute Gasteiger partial charge is 0.323 e. The van der Waals surface area contributed by atoms with E-state index in [-0.39, 0.29) is 58.4 Å². The Hall–Kier alpha value is -6.52. The normalized spacial score (nSPS) is 12.2. The van der Waals surface area contributed by atoms with Gasteiger partial charge in [0.05, 0.1) is 36.1 Å². The number of urea groups is 1. The van der Waals surface area contributed by atoms with Crippen LogP contribution in [0.4, 0.5) is 38.9 Å². The zero-order chi connectivity index (χ0) is 47.7. The number of aliphatic hydroxyl groups excluding tert-OH is 3. The number of phenols is 2. The van der Waals surface area contributed by atoms with Crippen LogP contribution in [0.2, 0.25) is 0 Å². The standard InChI is InChI=1S/C34H26N6O12S3.C6H15NO3/c1-18-7-10-24(53(44,45)46)17-27(18)38-40-31-29(55(50,51)52)16-20-14-23(9-12-26(20)33(31)42)36-34(43)35-22-8-11-25-19(13-22)15-28(54(47,48)49)30(32(25)41)39-37-21-5-3-2-4-6-21;8-4-1-7(2-5-9)3-6-10/h2-17,41-42H,1H3,(H2,35,36,43)(H,44,45,46)(H,47,48,49)(H,50,51,52);8-10H,1-6H2. The molecule has 0 fully saturated rings. The SMILES string of the molecule is Cc1ccc(S(=O)(=O)O)cc1N=Nc1c(S(=O)(=O)O)cc2cc(NC(=O)Nc3ccc4c(O)c(N=Nc5ccccc5)c(S(=O)(=O)O)cc4c3)ccc2c1O.OCCN(CCO)CCO. The van der Waals surface area contributed by atoms with Crippen molar-refractivity contribution < 1.29 is 69.2 Å². The molecule has 0 bridgehead atoms. The molecule has 0 saturated carbocycles. The molecular weight excluding hydrogens is 915 g/mol. The number of carbonyl (C=O) groups is 1. The Balaban J connectivity index is 0.000000709. The molecule has 6 aromatic carbocycles. The van der Waals surface area contributed by atoms with E-state index >= 15 is 0 Å². The van der Waals surface area contributed by atoms with Crippen LogP contribution < -0.4 is 10.6 Å². The molecule has 0 aliphatic rings. The molecule has 0 radical (unpaired) electrons. The summed E-state index contributed by atoms with van der Waals surface area (Å²) >= 11 is 0. The summed E-state index contributed by atoms with van der Waals surface area (Å²) in [6, 6.07) is 20.8. The summed E-state index contributed by atoms with van der Waals surface area (Å²) < 4.78 is 102. The lowest BCUT2D eigenvalue weighted by Gasteiger charge is -2.17. The molecule has 0 atom stereocenters. The molecule has 0 saturated heterocycles. The van der Waals surface area contributed by atoms with E-state index in [1.165, 1.54) is 49.4 Å². The maximum absolute atomic E-state index is 13.0. The number of fused-ring (bicyclic) bond motifs is 2. The first-order chi connectivity index (χ1) is 30.6. The first kappa shape index (κ1) is 49.5. The molecule has 25 heteroatoms. The van der Waals surface area contributed by atoms with Crippen LogP contribution in [0.15, 0.2) is 132 Å². The fourth-order valence-electron chi connectivity index (χ4n) is 6.06. The number of phenolic OH excluding ortho intramolecular Hbond substituents is 2. The lowest BCUT2D eigenvalue weighted by molar-refractivity contribution is 0.136. The number of azo groups is 2. The summed E-state index contributed by atoms with van der Waals surface area (Å²) in [6.45, 7) is 3.28. The van der Waals surface area contributed by atoms with Crippen molar-refractivity contribution in [2.45, 2.75) is 21.6 Å². The van der Waals surface area contributed by atoms with Crippen molar-refractivity contribution in [3.8, 4) is 11.5 Å². The molecule has 6 rings (SSSR count). The molecule has 10 N–H and O–H groups in total. The topological polar surface area (TPSA) is 358 Å². The first-order valence-corrected chi connectivity index (χ1v) is 23.1. The molecule has 0 spiro atoms. The van der Waals surface area contributed by atoms with Gasteiger partial charge >= 0.3 is 6.03 Å². The number of rotatable bonds is 15. The fraction of sp³-hybridized carbons (Fsp3) is 0.175. The second kappa shape index (κ2) is 21.0. The van der Waals surface area contributed by atoms with Crippen molar-refractivity contribution in [3.63, 3.8) is 0 Å². The predicted molar refractivity (Wildman–Crippen MR) is 237 cm³/mol. The number of hydrogen-bond donors (Lipinski definition) is 10. The molecular formula is C40H41N7O15S3. The van der Waals surface area contributed by atoms with Gasteiger partial charge in [0.15, 0.2) is 11.5 Å². The van der Waals surface area contributed by atoms with Crippen LogP contribution in [-0.2, 0) is 30.4 Å². The molecule has 2 amide bonds. The summed E-state index contributed by atoms with van der Waals surface area (Å²) in [6.07, 6.45) is 0. The number of aryl methyl sites for hydroxylation is 1. The maximum Gasteiger partial charge on any atom is 0.323 e. The van der Waals surface area contributed by atoms with Crippen LogP contribution in [0.25, 0.3) is 21.5 Å². The van der Waals surface area contributed by atoms with Crippen molar-refractivity contribution in [3.05, 3.63) is 103 Å². The number of nitrogens with one attached hydrogen (secondary N) is 2. The van der Waals surface area contributed by atoms with Gasteiger partial charge in [0.25, 0.3) is 30.4 Å². The molecule has 65 heavy (non-hydrogen) atoms. The van der Waals surface area contributed by atoms with Crippen molar-refractivity contribution in [2.24, 2.45) is 20.5 Å². The van der Waals surface area contributed by atoms with Crippen LogP contribution >= 0.6 is 0 Å². The predicted octanol–water partition coefficient (Wildman–Crippen LogP) is 6.19. The Labute approximate surface area is 371 Å². The molecule has 0 aliphatic carbocycles. The Bertz CT molecular complexity index is 3120. The number of anilines is 2. The highest BCUT2D eigenvalue weighted by Crippen LogP contribution is 2.44. The van der Waals surface area contributed by atoms with Gasteiger partial charge in [-0.3, -0.25) is 18.6 Å². The zero-order valence-electron chi connectivity index (χ0n) is 33.9. The maximum atomic E-state index is 13.0. The van der Waals surface area contributed by atoms with Gasteiger partial charge in [-0.25, -0.2) is 4.79 Å². The van der Waals surface area contributed by atoms with E-state index in [9.17, 15) is 53.9 Å². The number of nitrogens with zero attached hydrogens (tertiary/aromatic N) is 5.